The summed E-state index contributed by atoms with van der Waals surface area (Å²) in [6.07, 6.45) is -4.74. The van der Waals surface area contributed by atoms with E-state index >= 15 is 0 Å². The number of rotatable bonds is 6. The molecule has 0 fully saturated rings. The second kappa shape index (κ2) is 8.55. The van der Waals surface area contributed by atoms with E-state index in [1.54, 1.807) is 12.1 Å². The molecule has 0 saturated heterocycles. The van der Waals surface area contributed by atoms with Crippen LogP contribution in [0.3, 0.4) is 0 Å². The molecule has 0 atom stereocenters. The summed E-state index contributed by atoms with van der Waals surface area (Å²) in [7, 11) is 0. The number of hydrogen-bond acceptors (Lipinski definition) is 4. The lowest BCUT2D eigenvalue weighted by Gasteiger charge is -2.16. The van der Waals surface area contributed by atoms with E-state index in [-0.39, 0.29) is 17.2 Å². The number of anilines is 2. The molecule has 2 rings (SSSR count). The molecular formula is C19H17F3N2O4. The molecule has 2 amide bonds. The third-order valence-corrected chi connectivity index (χ3v) is 3.53. The minimum Gasteiger partial charge on any atom is -0.484 e. The van der Waals surface area contributed by atoms with Crippen molar-refractivity contribution in [2.45, 2.75) is 20.0 Å². The Kier molecular flexibility index (Phi) is 6.40. The Hall–Kier alpha value is -3.36. The van der Waals surface area contributed by atoms with Crippen LogP contribution < -0.4 is 15.4 Å². The van der Waals surface area contributed by atoms with Crippen molar-refractivity contribution in [2.75, 3.05) is 17.2 Å². The van der Waals surface area contributed by atoms with Crippen LogP contribution in [0.1, 0.15) is 29.8 Å². The minimum atomic E-state index is -4.74. The van der Waals surface area contributed by atoms with Gasteiger partial charge in [0.25, 0.3) is 5.91 Å². The van der Waals surface area contributed by atoms with Crippen molar-refractivity contribution in [1.82, 2.24) is 0 Å². The van der Waals surface area contributed by atoms with Crippen LogP contribution in [-0.4, -0.2) is 24.2 Å². The van der Waals surface area contributed by atoms with Crippen LogP contribution in [0.2, 0.25) is 0 Å². The lowest BCUT2D eigenvalue weighted by molar-refractivity contribution is -0.137. The number of alkyl halides is 3. The second-order valence-corrected chi connectivity index (χ2v) is 5.86. The van der Waals surface area contributed by atoms with Crippen molar-refractivity contribution >= 4 is 29.0 Å². The zero-order valence-corrected chi connectivity index (χ0v) is 15.0. The van der Waals surface area contributed by atoms with Crippen molar-refractivity contribution in [1.29, 1.82) is 0 Å². The molecule has 0 heterocycles. The Labute approximate surface area is 158 Å². The molecule has 0 radical (unpaired) electrons. The van der Waals surface area contributed by atoms with Crippen molar-refractivity contribution in [3.05, 3.63) is 53.6 Å². The van der Waals surface area contributed by atoms with E-state index in [4.69, 9.17) is 4.74 Å². The number of nitrogens with one attached hydrogen (secondary N) is 2. The van der Waals surface area contributed by atoms with Crippen LogP contribution in [0.5, 0.6) is 5.75 Å². The summed E-state index contributed by atoms with van der Waals surface area (Å²) in [4.78, 5) is 34.4. The molecule has 0 unspecified atom stereocenters. The summed E-state index contributed by atoms with van der Waals surface area (Å²) in [6.45, 7) is 1.99. The van der Waals surface area contributed by atoms with E-state index in [0.717, 1.165) is 12.1 Å². The molecule has 0 saturated carbocycles. The van der Waals surface area contributed by atoms with Crippen LogP contribution in [-0.2, 0) is 15.8 Å². The molecule has 28 heavy (non-hydrogen) atoms. The van der Waals surface area contributed by atoms with Gasteiger partial charge in [-0.3, -0.25) is 14.4 Å². The molecule has 6 nitrogen and oxygen atoms in total. The van der Waals surface area contributed by atoms with Gasteiger partial charge in [-0.1, -0.05) is 12.1 Å². The molecule has 2 aromatic rings. The summed E-state index contributed by atoms with van der Waals surface area (Å²) < 4.78 is 45.0. The highest BCUT2D eigenvalue weighted by molar-refractivity contribution is 5.95. The topological polar surface area (TPSA) is 84.5 Å². The zero-order chi connectivity index (χ0) is 20.9. The average Bonchev–Trinajstić information content (AvgIpc) is 2.60. The molecule has 0 aliphatic rings. The smallest absolute Gasteiger partial charge is 0.418 e. The summed E-state index contributed by atoms with van der Waals surface area (Å²) in [5.41, 5.74) is -1.24. The van der Waals surface area contributed by atoms with Crippen LogP contribution in [0.25, 0.3) is 0 Å². The molecule has 2 N–H and O–H groups in total. The Morgan fingerprint density at radius 2 is 1.71 bits per heavy atom. The SMILES string of the molecule is CC(=O)Nc1ccc(NC(=O)COc2cccc(C(C)=O)c2)c(C(F)(F)F)c1. The number of ether oxygens (including phenoxy) is 1. The maximum Gasteiger partial charge on any atom is 0.418 e. The summed E-state index contributed by atoms with van der Waals surface area (Å²) in [5.74, 6) is -1.29. The molecule has 0 aliphatic heterocycles. The highest BCUT2D eigenvalue weighted by Gasteiger charge is 2.34. The number of ketones is 1. The van der Waals surface area contributed by atoms with Gasteiger partial charge in [-0.05, 0) is 37.3 Å². The molecule has 0 bridgehead atoms. The van der Waals surface area contributed by atoms with E-state index < -0.39 is 35.8 Å². The van der Waals surface area contributed by atoms with Crippen LogP contribution in [0.15, 0.2) is 42.5 Å². The van der Waals surface area contributed by atoms with Gasteiger partial charge in [-0.15, -0.1) is 0 Å². The van der Waals surface area contributed by atoms with Gasteiger partial charge < -0.3 is 15.4 Å². The minimum absolute atomic E-state index is 0.0462. The van der Waals surface area contributed by atoms with E-state index in [0.29, 0.717) is 5.56 Å². The molecule has 2 aromatic carbocycles. The largest absolute Gasteiger partial charge is 0.484 e. The first-order chi connectivity index (χ1) is 13.1. The van der Waals surface area contributed by atoms with E-state index in [1.807, 2.05) is 0 Å². The Balaban J connectivity index is 2.11. The van der Waals surface area contributed by atoms with Crippen LogP contribution in [0, 0.1) is 0 Å². The van der Waals surface area contributed by atoms with E-state index in [9.17, 15) is 27.6 Å². The summed E-state index contributed by atoms with van der Waals surface area (Å²) in [5, 5.41) is 4.40. The predicted octanol–water partition coefficient (Wildman–Crippen LogP) is 3.88. The van der Waals surface area contributed by atoms with Gasteiger partial charge in [0.15, 0.2) is 12.4 Å². The van der Waals surface area contributed by atoms with Crippen molar-refractivity contribution in [2.24, 2.45) is 0 Å². The molecular weight excluding hydrogens is 377 g/mol. The van der Waals surface area contributed by atoms with Gasteiger partial charge in [-0.2, -0.15) is 13.2 Å². The normalized spacial score (nSPS) is 10.9. The fraction of sp³-hybridized carbons (Fsp3) is 0.211. The quantitative estimate of drug-likeness (QED) is 0.729. The van der Waals surface area contributed by atoms with Crippen molar-refractivity contribution in [3.63, 3.8) is 0 Å². The number of halogens is 3. The third-order valence-electron chi connectivity index (χ3n) is 3.53. The Bertz CT molecular complexity index is 910. The average molecular weight is 394 g/mol. The molecule has 0 aromatic heterocycles. The van der Waals surface area contributed by atoms with Gasteiger partial charge in [0.2, 0.25) is 5.91 Å². The molecule has 9 heteroatoms. The van der Waals surface area contributed by atoms with E-state index in [1.165, 1.54) is 32.0 Å². The first kappa shape index (κ1) is 20.9. The van der Waals surface area contributed by atoms with Crippen molar-refractivity contribution < 1.29 is 32.3 Å². The van der Waals surface area contributed by atoms with E-state index in [2.05, 4.69) is 10.6 Å². The Morgan fingerprint density at radius 3 is 2.32 bits per heavy atom. The highest BCUT2D eigenvalue weighted by atomic mass is 19.4. The third kappa shape index (κ3) is 5.83. The van der Waals surface area contributed by atoms with Gasteiger partial charge in [0.05, 0.1) is 11.3 Å². The summed E-state index contributed by atoms with van der Waals surface area (Å²) in [6, 6.07) is 9.09. The number of carbonyl (C=O) groups excluding carboxylic acids is 3. The standard InChI is InChI=1S/C19H17F3N2O4/c1-11(25)13-4-3-5-15(8-13)28-10-18(27)24-17-7-6-14(23-12(2)26)9-16(17)19(20,21)22/h3-9H,10H2,1-2H3,(H,23,26)(H,24,27). The number of carbonyl (C=O) groups is 3. The van der Waals surface area contributed by atoms with Crippen LogP contribution >= 0.6 is 0 Å². The molecule has 148 valence electrons. The van der Waals surface area contributed by atoms with Gasteiger partial charge in [0.1, 0.15) is 5.75 Å². The first-order valence-corrected chi connectivity index (χ1v) is 8.09. The summed E-state index contributed by atoms with van der Waals surface area (Å²) >= 11 is 0. The lowest BCUT2D eigenvalue weighted by atomic mass is 10.1. The molecule has 0 aliphatic carbocycles. The number of hydrogen-bond donors (Lipinski definition) is 2. The Morgan fingerprint density at radius 1 is 1.00 bits per heavy atom. The van der Waals surface area contributed by atoms with Crippen LogP contribution in [0.4, 0.5) is 24.5 Å². The number of benzene rings is 2. The fourth-order valence-electron chi connectivity index (χ4n) is 2.31. The first-order valence-electron chi connectivity index (χ1n) is 8.09. The van der Waals surface area contributed by atoms with Gasteiger partial charge in [0, 0.05) is 18.2 Å². The predicted molar refractivity (Wildman–Crippen MR) is 96.3 cm³/mol. The number of Topliss-reactive ketones (excluding diaryl/α,β-unsaturated/α-hetero) is 1. The van der Waals surface area contributed by atoms with Crippen molar-refractivity contribution in [3.8, 4) is 5.75 Å². The lowest BCUT2D eigenvalue weighted by Crippen LogP contribution is -2.22. The second-order valence-electron chi connectivity index (χ2n) is 5.86. The number of amides is 2. The van der Waals surface area contributed by atoms with Gasteiger partial charge in [-0.25, -0.2) is 0 Å². The van der Waals surface area contributed by atoms with Gasteiger partial charge >= 0.3 is 6.18 Å². The zero-order valence-electron chi connectivity index (χ0n) is 15.0. The monoisotopic (exact) mass is 394 g/mol. The highest BCUT2D eigenvalue weighted by Crippen LogP contribution is 2.36. The fourth-order valence-corrected chi connectivity index (χ4v) is 2.31. The maximum absolute atomic E-state index is 13.3. The molecule has 0 spiro atoms. The maximum atomic E-state index is 13.3.